The van der Waals surface area contributed by atoms with Gasteiger partial charge in [-0.05, 0) is 74.1 Å². The van der Waals surface area contributed by atoms with Gasteiger partial charge in [-0.3, -0.25) is 0 Å². The van der Waals surface area contributed by atoms with Crippen LogP contribution in [0.25, 0.3) is 5.69 Å². The third kappa shape index (κ3) is 3.04. The number of hydrogen-bond donors (Lipinski definition) is 1. The second-order valence-electron chi connectivity index (χ2n) is 8.74. The molecule has 2 aliphatic rings. The van der Waals surface area contributed by atoms with E-state index in [2.05, 4.69) is 54.2 Å². The van der Waals surface area contributed by atoms with Crippen LogP contribution in [-0.4, -0.2) is 30.4 Å². The highest BCUT2D eigenvalue weighted by Gasteiger charge is 2.44. The first-order valence-corrected chi connectivity index (χ1v) is 12.5. The summed E-state index contributed by atoms with van der Waals surface area (Å²) in [6.07, 6.45) is 4.30. The summed E-state index contributed by atoms with van der Waals surface area (Å²) in [4.78, 5) is 0.449. The molecule has 1 saturated heterocycles. The van der Waals surface area contributed by atoms with Crippen LogP contribution in [0.2, 0.25) is 0 Å². The van der Waals surface area contributed by atoms with Crippen molar-refractivity contribution < 1.29 is 8.42 Å². The van der Waals surface area contributed by atoms with Crippen LogP contribution >= 0.6 is 0 Å². The second-order valence-corrected chi connectivity index (χ2v) is 10.6. The molecule has 0 unspecified atom stereocenters. The Balaban J connectivity index is 1.47. The van der Waals surface area contributed by atoms with Gasteiger partial charge in [-0.15, -0.1) is 0 Å². The molecule has 5 rings (SSSR count). The van der Waals surface area contributed by atoms with Crippen molar-refractivity contribution >= 4 is 15.7 Å². The number of rotatable bonds is 3. The number of nitrogens with one attached hydrogen (secondary N) is 1. The number of nitrogens with zero attached hydrogens (tertiary/aromatic N) is 2. The van der Waals surface area contributed by atoms with E-state index >= 15 is 0 Å². The summed E-state index contributed by atoms with van der Waals surface area (Å²) in [6, 6.07) is 16.0. The van der Waals surface area contributed by atoms with Gasteiger partial charge in [0.2, 0.25) is 10.0 Å². The smallest absolute Gasteiger partial charge is 0.243 e. The molecule has 2 aliphatic heterocycles. The van der Waals surface area contributed by atoms with Gasteiger partial charge in [0.05, 0.1) is 21.8 Å². The Bertz CT molecular complexity index is 1250. The number of aryl methyl sites for hydroxylation is 2. The minimum atomic E-state index is -3.50. The number of piperidine rings is 1. The Morgan fingerprint density at radius 1 is 1.00 bits per heavy atom. The zero-order valence-corrected chi connectivity index (χ0v) is 19.2. The zero-order valence-electron chi connectivity index (χ0n) is 18.4. The summed E-state index contributed by atoms with van der Waals surface area (Å²) in [5.41, 5.74) is 6.72. The first kappa shape index (κ1) is 20.3. The molecule has 0 bridgehead atoms. The molecule has 0 saturated carbocycles. The van der Waals surface area contributed by atoms with E-state index in [1.54, 1.807) is 10.4 Å². The summed E-state index contributed by atoms with van der Waals surface area (Å²) < 4.78 is 30.8. The zero-order chi connectivity index (χ0) is 21.8. The standard InChI is InChI=1S/C25H29N3O2S/c1-4-20-8-5-6-9-22(20)31(29,30)27-16-13-25(14-17-27)23-10-7-15-28(23)24-19(3)18(2)11-12-21(24)26-25/h5-12,15,26H,4,13-14,16-17H2,1-3H3. The lowest BCUT2D eigenvalue weighted by Crippen LogP contribution is -2.51. The summed E-state index contributed by atoms with van der Waals surface area (Å²) in [5.74, 6) is 0. The lowest BCUT2D eigenvalue weighted by Gasteiger charge is -2.46. The van der Waals surface area contributed by atoms with Gasteiger partial charge in [0, 0.05) is 25.0 Å². The van der Waals surface area contributed by atoms with Crippen LogP contribution in [0.1, 0.15) is 42.1 Å². The average molecular weight is 436 g/mol. The molecule has 0 amide bonds. The van der Waals surface area contributed by atoms with Crippen molar-refractivity contribution in [2.75, 3.05) is 18.4 Å². The van der Waals surface area contributed by atoms with E-state index in [0.717, 1.165) is 24.1 Å². The molecule has 1 spiro atoms. The van der Waals surface area contributed by atoms with Gasteiger partial charge >= 0.3 is 0 Å². The largest absolute Gasteiger partial charge is 0.372 e. The predicted molar refractivity (Wildman–Crippen MR) is 124 cm³/mol. The van der Waals surface area contributed by atoms with Crippen LogP contribution in [0, 0.1) is 13.8 Å². The fourth-order valence-electron chi connectivity index (χ4n) is 5.18. The summed E-state index contributed by atoms with van der Waals surface area (Å²) in [6.45, 7) is 7.30. The van der Waals surface area contributed by atoms with E-state index in [9.17, 15) is 8.42 Å². The highest BCUT2D eigenvalue weighted by Crippen LogP contribution is 2.45. The maximum absolute atomic E-state index is 13.4. The summed E-state index contributed by atoms with van der Waals surface area (Å²) in [7, 11) is -3.50. The Morgan fingerprint density at radius 2 is 1.74 bits per heavy atom. The van der Waals surface area contributed by atoms with E-state index in [4.69, 9.17) is 0 Å². The fraction of sp³-hybridized carbons (Fsp3) is 0.360. The highest BCUT2D eigenvalue weighted by molar-refractivity contribution is 7.89. The number of benzene rings is 2. The maximum atomic E-state index is 13.4. The van der Waals surface area contributed by atoms with Gasteiger partial charge in [0.15, 0.2) is 0 Å². The van der Waals surface area contributed by atoms with Gasteiger partial charge in [-0.1, -0.05) is 31.2 Å². The lowest BCUT2D eigenvalue weighted by molar-refractivity contribution is 0.247. The van der Waals surface area contributed by atoms with E-state index in [0.29, 0.717) is 24.4 Å². The quantitative estimate of drug-likeness (QED) is 0.645. The van der Waals surface area contributed by atoms with E-state index in [1.165, 1.54) is 22.5 Å². The van der Waals surface area contributed by atoms with E-state index in [-0.39, 0.29) is 5.54 Å². The molecule has 0 atom stereocenters. The Morgan fingerprint density at radius 3 is 2.48 bits per heavy atom. The van der Waals surface area contributed by atoms with Crippen molar-refractivity contribution in [1.29, 1.82) is 0 Å². The normalized spacial score (nSPS) is 17.8. The number of fused-ring (bicyclic) bond motifs is 4. The lowest BCUT2D eigenvalue weighted by atomic mass is 9.82. The molecule has 1 aromatic heterocycles. The molecule has 0 aliphatic carbocycles. The van der Waals surface area contributed by atoms with Crippen LogP contribution in [0.3, 0.4) is 0 Å². The molecule has 1 N–H and O–H groups in total. The minimum Gasteiger partial charge on any atom is -0.372 e. The topological polar surface area (TPSA) is 54.3 Å². The SMILES string of the molecule is CCc1ccccc1S(=O)(=O)N1CCC2(CC1)Nc1ccc(C)c(C)c1-n1cccc12. The van der Waals surface area contributed by atoms with Crippen molar-refractivity contribution in [3.8, 4) is 5.69 Å². The third-order valence-electron chi connectivity index (χ3n) is 7.10. The first-order valence-electron chi connectivity index (χ1n) is 11.0. The Hall–Kier alpha value is -2.57. The van der Waals surface area contributed by atoms with Crippen molar-refractivity contribution in [3.63, 3.8) is 0 Å². The molecule has 0 radical (unpaired) electrons. The van der Waals surface area contributed by atoms with Crippen LogP contribution in [0.5, 0.6) is 0 Å². The number of anilines is 1. The molecule has 31 heavy (non-hydrogen) atoms. The van der Waals surface area contributed by atoms with Crippen LogP contribution < -0.4 is 5.32 Å². The molecule has 5 nitrogen and oxygen atoms in total. The fourth-order valence-corrected chi connectivity index (χ4v) is 6.91. The average Bonchev–Trinajstić information content (AvgIpc) is 3.28. The molecule has 6 heteroatoms. The van der Waals surface area contributed by atoms with Crippen LogP contribution in [0.15, 0.2) is 59.6 Å². The predicted octanol–water partition coefficient (Wildman–Crippen LogP) is 4.76. The monoisotopic (exact) mass is 435 g/mol. The number of sulfonamides is 1. The summed E-state index contributed by atoms with van der Waals surface area (Å²) >= 11 is 0. The minimum absolute atomic E-state index is 0.255. The molecular weight excluding hydrogens is 406 g/mol. The van der Waals surface area contributed by atoms with Crippen molar-refractivity contribution in [1.82, 2.24) is 8.87 Å². The highest BCUT2D eigenvalue weighted by atomic mass is 32.2. The Kier molecular flexibility index (Phi) is 4.75. The van der Waals surface area contributed by atoms with Crippen molar-refractivity contribution in [2.24, 2.45) is 0 Å². The number of hydrogen-bond acceptors (Lipinski definition) is 3. The molecular formula is C25H29N3O2S. The number of aromatic nitrogens is 1. The van der Waals surface area contributed by atoms with Gasteiger partial charge in [0.25, 0.3) is 0 Å². The summed E-state index contributed by atoms with van der Waals surface area (Å²) in [5, 5.41) is 3.81. The van der Waals surface area contributed by atoms with E-state index < -0.39 is 10.0 Å². The third-order valence-corrected chi connectivity index (χ3v) is 9.10. The molecule has 2 aromatic carbocycles. The van der Waals surface area contributed by atoms with Gasteiger partial charge in [-0.2, -0.15) is 4.31 Å². The molecule has 1 fully saturated rings. The molecule has 3 heterocycles. The first-order chi connectivity index (χ1) is 14.9. The van der Waals surface area contributed by atoms with Crippen LogP contribution in [0.4, 0.5) is 5.69 Å². The Labute approximate surface area is 184 Å². The van der Waals surface area contributed by atoms with Crippen LogP contribution in [-0.2, 0) is 22.0 Å². The molecule has 3 aromatic rings. The van der Waals surface area contributed by atoms with Crippen molar-refractivity contribution in [3.05, 3.63) is 77.1 Å². The van der Waals surface area contributed by atoms with Gasteiger partial charge in [0.1, 0.15) is 0 Å². The van der Waals surface area contributed by atoms with E-state index in [1.807, 2.05) is 25.1 Å². The van der Waals surface area contributed by atoms with Crippen molar-refractivity contribution in [2.45, 2.75) is 50.5 Å². The van der Waals surface area contributed by atoms with Gasteiger partial charge in [-0.25, -0.2) is 8.42 Å². The maximum Gasteiger partial charge on any atom is 0.243 e. The second kappa shape index (κ2) is 7.24. The van der Waals surface area contributed by atoms with Gasteiger partial charge < -0.3 is 9.88 Å². The molecule has 162 valence electrons.